The minimum atomic E-state index is 0.601. The molecule has 0 saturated heterocycles. The molecule has 0 aromatic heterocycles. The van der Waals surface area contributed by atoms with Crippen LogP contribution in [0.3, 0.4) is 0 Å². The third-order valence-corrected chi connectivity index (χ3v) is 1.09. The Morgan fingerprint density at radius 1 is 1.60 bits per heavy atom. The van der Waals surface area contributed by atoms with Crippen LogP contribution in [0.4, 0.5) is 0 Å². The minimum Gasteiger partial charge on any atom is -0.377 e. The summed E-state index contributed by atoms with van der Waals surface area (Å²) in [6.45, 7) is 7.53. The molecule has 0 N–H and O–H groups in total. The maximum atomic E-state index is 5.57. The molecule has 0 aromatic rings. The second-order valence-corrected chi connectivity index (χ2v) is 3.32. The van der Waals surface area contributed by atoms with Gasteiger partial charge in [0, 0.05) is 11.6 Å². The average Bonchev–Trinajstić information content (AvgIpc) is 1.79. The standard InChI is InChI=1S/C8H15ClO/c1-7(2)6-10-5-4-8(3)9/h4,7H,5-6H2,1-3H3/b8-4-. The van der Waals surface area contributed by atoms with E-state index in [1.807, 2.05) is 13.0 Å². The van der Waals surface area contributed by atoms with Gasteiger partial charge in [0.15, 0.2) is 0 Å². The van der Waals surface area contributed by atoms with E-state index < -0.39 is 0 Å². The fraction of sp³-hybridized carbons (Fsp3) is 0.750. The van der Waals surface area contributed by atoms with E-state index in [0.717, 1.165) is 11.6 Å². The first-order valence-electron chi connectivity index (χ1n) is 3.53. The fourth-order valence-corrected chi connectivity index (χ4v) is 0.540. The highest BCUT2D eigenvalue weighted by molar-refractivity contribution is 6.29. The predicted molar refractivity (Wildman–Crippen MR) is 45.3 cm³/mol. The smallest absolute Gasteiger partial charge is 0.0661 e. The molecule has 0 aliphatic rings. The van der Waals surface area contributed by atoms with Crippen molar-refractivity contribution in [2.45, 2.75) is 20.8 Å². The quantitative estimate of drug-likeness (QED) is 0.578. The summed E-state index contributed by atoms with van der Waals surface area (Å²) in [4.78, 5) is 0. The molecule has 2 heteroatoms. The van der Waals surface area contributed by atoms with Gasteiger partial charge in [0.1, 0.15) is 0 Å². The van der Waals surface area contributed by atoms with Crippen LogP contribution in [0.1, 0.15) is 20.8 Å². The lowest BCUT2D eigenvalue weighted by Gasteiger charge is -2.02. The van der Waals surface area contributed by atoms with E-state index in [9.17, 15) is 0 Å². The molecule has 0 unspecified atom stereocenters. The van der Waals surface area contributed by atoms with Gasteiger partial charge in [0.2, 0.25) is 0 Å². The lowest BCUT2D eigenvalue weighted by Crippen LogP contribution is -2.01. The van der Waals surface area contributed by atoms with Gasteiger partial charge in [-0.25, -0.2) is 0 Å². The zero-order chi connectivity index (χ0) is 7.98. The van der Waals surface area contributed by atoms with Crippen molar-refractivity contribution in [1.29, 1.82) is 0 Å². The van der Waals surface area contributed by atoms with Gasteiger partial charge in [-0.05, 0) is 18.9 Å². The van der Waals surface area contributed by atoms with Crippen LogP contribution in [0, 0.1) is 5.92 Å². The second kappa shape index (κ2) is 5.75. The van der Waals surface area contributed by atoms with Crippen molar-refractivity contribution >= 4 is 11.6 Å². The highest BCUT2D eigenvalue weighted by atomic mass is 35.5. The highest BCUT2D eigenvalue weighted by Gasteiger charge is 1.90. The summed E-state index contributed by atoms with van der Waals surface area (Å²) in [7, 11) is 0. The van der Waals surface area contributed by atoms with Crippen molar-refractivity contribution in [2.24, 2.45) is 5.92 Å². The van der Waals surface area contributed by atoms with Gasteiger partial charge in [-0.2, -0.15) is 0 Å². The van der Waals surface area contributed by atoms with Crippen LogP contribution in [0.15, 0.2) is 11.1 Å². The summed E-state index contributed by atoms with van der Waals surface area (Å²) in [5.74, 6) is 0.601. The lowest BCUT2D eigenvalue weighted by atomic mass is 10.2. The molecule has 0 aromatic carbocycles. The van der Waals surface area contributed by atoms with Crippen molar-refractivity contribution in [3.05, 3.63) is 11.1 Å². The maximum Gasteiger partial charge on any atom is 0.0661 e. The van der Waals surface area contributed by atoms with Gasteiger partial charge in [-0.1, -0.05) is 25.4 Å². The highest BCUT2D eigenvalue weighted by Crippen LogP contribution is 1.98. The Morgan fingerprint density at radius 2 is 2.20 bits per heavy atom. The number of ether oxygens (including phenoxy) is 1. The Labute approximate surface area is 68.0 Å². The van der Waals surface area contributed by atoms with Gasteiger partial charge in [0.25, 0.3) is 0 Å². The van der Waals surface area contributed by atoms with Crippen LogP contribution in [0.5, 0.6) is 0 Å². The fourth-order valence-electron chi connectivity index (χ4n) is 0.477. The average molecular weight is 163 g/mol. The van der Waals surface area contributed by atoms with Crippen molar-refractivity contribution in [1.82, 2.24) is 0 Å². The molecule has 0 bridgehead atoms. The summed E-state index contributed by atoms with van der Waals surface area (Å²) in [5, 5.41) is 0.795. The third-order valence-electron chi connectivity index (χ3n) is 0.934. The van der Waals surface area contributed by atoms with Gasteiger partial charge < -0.3 is 4.74 Å². The molecule has 0 saturated carbocycles. The Hall–Kier alpha value is -0.0100. The van der Waals surface area contributed by atoms with Crippen LogP contribution in [-0.2, 0) is 4.74 Å². The Bertz CT molecular complexity index is 104. The molecule has 10 heavy (non-hydrogen) atoms. The third kappa shape index (κ3) is 7.99. The number of allylic oxidation sites excluding steroid dienone is 1. The van der Waals surface area contributed by atoms with E-state index in [-0.39, 0.29) is 0 Å². The summed E-state index contributed by atoms with van der Waals surface area (Å²) >= 11 is 5.57. The van der Waals surface area contributed by atoms with Gasteiger partial charge >= 0.3 is 0 Å². The topological polar surface area (TPSA) is 9.23 Å². The molecule has 0 amide bonds. The molecule has 0 aliphatic carbocycles. The predicted octanol–water partition coefficient (Wildman–Crippen LogP) is 2.80. The minimum absolute atomic E-state index is 0.601. The lowest BCUT2D eigenvalue weighted by molar-refractivity contribution is 0.134. The number of halogens is 1. The van der Waals surface area contributed by atoms with Gasteiger partial charge in [-0.3, -0.25) is 0 Å². The normalized spacial score (nSPS) is 12.7. The first kappa shape index (κ1) is 9.99. The van der Waals surface area contributed by atoms with Crippen LogP contribution < -0.4 is 0 Å². The molecule has 0 radical (unpaired) electrons. The number of hydrogen-bond acceptors (Lipinski definition) is 1. The van der Waals surface area contributed by atoms with E-state index in [0.29, 0.717) is 12.5 Å². The van der Waals surface area contributed by atoms with Gasteiger partial charge in [-0.15, -0.1) is 0 Å². The molecule has 60 valence electrons. The maximum absolute atomic E-state index is 5.57. The van der Waals surface area contributed by atoms with Crippen molar-refractivity contribution < 1.29 is 4.74 Å². The van der Waals surface area contributed by atoms with Crippen molar-refractivity contribution in [3.63, 3.8) is 0 Å². The molecule has 0 atom stereocenters. The monoisotopic (exact) mass is 162 g/mol. The summed E-state index contributed by atoms with van der Waals surface area (Å²) in [5.41, 5.74) is 0. The first-order chi connectivity index (χ1) is 4.63. The molecule has 0 aliphatic heterocycles. The molecule has 1 nitrogen and oxygen atoms in total. The molecular weight excluding hydrogens is 148 g/mol. The van der Waals surface area contributed by atoms with Crippen molar-refractivity contribution in [3.8, 4) is 0 Å². The molecule has 0 rings (SSSR count). The van der Waals surface area contributed by atoms with Crippen molar-refractivity contribution in [2.75, 3.05) is 13.2 Å². The SMILES string of the molecule is C/C(Cl)=C/COCC(C)C. The first-order valence-corrected chi connectivity index (χ1v) is 3.90. The van der Waals surface area contributed by atoms with Crippen LogP contribution in [0.2, 0.25) is 0 Å². The summed E-state index contributed by atoms with van der Waals surface area (Å²) in [6, 6.07) is 0. The molecule has 0 spiro atoms. The van der Waals surface area contributed by atoms with E-state index in [4.69, 9.17) is 16.3 Å². The van der Waals surface area contributed by atoms with E-state index >= 15 is 0 Å². The Balaban J connectivity index is 3.13. The van der Waals surface area contributed by atoms with E-state index in [2.05, 4.69) is 13.8 Å². The van der Waals surface area contributed by atoms with Crippen LogP contribution >= 0.6 is 11.6 Å². The van der Waals surface area contributed by atoms with E-state index in [1.165, 1.54) is 0 Å². The van der Waals surface area contributed by atoms with Gasteiger partial charge in [0.05, 0.1) is 6.61 Å². The molecular formula is C8H15ClO. The zero-order valence-corrected chi connectivity index (χ0v) is 7.61. The summed E-state index contributed by atoms with van der Waals surface area (Å²) in [6.07, 6.45) is 1.87. The molecule has 0 heterocycles. The summed E-state index contributed by atoms with van der Waals surface area (Å²) < 4.78 is 5.25. The number of hydrogen-bond donors (Lipinski definition) is 0. The largest absolute Gasteiger partial charge is 0.377 e. The van der Waals surface area contributed by atoms with Crippen LogP contribution in [-0.4, -0.2) is 13.2 Å². The van der Waals surface area contributed by atoms with Crippen LogP contribution in [0.25, 0.3) is 0 Å². The molecule has 0 fully saturated rings. The Kier molecular flexibility index (Phi) is 5.74. The number of rotatable bonds is 4. The second-order valence-electron chi connectivity index (χ2n) is 2.72. The Morgan fingerprint density at radius 3 is 2.60 bits per heavy atom. The zero-order valence-electron chi connectivity index (χ0n) is 6.86. The van der Waals surface area contributed by atoms with E-state index in [1.54, 1.807) is 0 Å².